The summed E-state index contributed by atoms with van der Waals surface area (Å²) in [5.74, 6) is 0. The molecule has 0 radical (unpaired) electrons. The van der Waals surface area contributed by atoms with Crippen molar-refractivity contribution in [3.8, 4) is 22.3 Å². The first-order chi connectivity index (χ1) is 15.3. The lowest BCUT2D eigenvalue weighted by Gasteiger charge is -2.37. The van der Waals surface area contributed by atoms with Gasteiger partial charge in [0.2, 0.25) is 0 Å². The molecule has 5 aromatic rings. The first kappa shape index (κ1) is 20.0. The van der Waals surface area contributed by atoms with Crippen LogP contribution in [0.15, 0.2) is 66.7 Å². The summed E-state index contributed by atoms with van der Waals surface area (Å²) in [5, 5.41) is 15.9. The molecule has 0 amide bonds. The maximum absolute atomic E-state index is 10.7. The molecule has 0 fully saturated rings. The molecule has 1 aliphatic rings. The van der Waals surface area contributed by atoms with Crippen LogP contribution in [0.5, 0.6) is 0 Å². The first-order valence-electron chi connectivity index (χ1n) is 11.1. The molecule has 2 nitrogen and oxygen atoms in total. The Labute approximate surface area is 192 Å². The Hall–Kier alpha value is -2.66. The van der Waals surface area contributed by atoms with E-state index in [-0.39, 0.29) is 0 Å². The van der Waals surface area contributed by atoms with E-state index in [1.54, 1.807) is 0 Å². The van der Waals surface area contributed by atoms with Gasteiger partial charge in [0.25, 0.3) is 0 Å². The normalized spacial score (nSPS) is 13.3. The Morgan fingerprint density at radius 1 is 0.781 bits per heavy atom. The maximum atomic E-state index is 10.7. The molecule has 0 unspecified atom stereocenters. The summed E-state index contributed by atoms with van der Waals surface area (Å²) < 4.78 is 9.06. The number of thiophene rings is 1. The van der Waals surface area contributed by atoms with Gasteiger partial charge in [-0.2, -0.15) is 0 Å². The van der Waals surface area contributed by atoms with Gasteiger partial charge in [0, 0.05) is 9.40 Å². The Balaban J connectivity index is 1.68. The highest BCUT2D eigenvalue weighted by atomic mass is 32.1. The van der Waals surface area contributed by atoms with Crippen LogP contribution in [0.1, 0.15) is 27.7 Å². The van der Waals surface area contributed by atoms with Gasteiger partial charge in [0.1, 0.15) is 0 Å². The van der Waals surface area contributed by atoms with Gasteiger partial charge >= 0.3 is 7.48 Å². The minimum Gasteiger partial charge on any atom is -0.427 e. The molecule has 4 heteroatoms. The Morgan fingerprint density at radius 3 is 2.25 bits per heavy atom. The van der Waals surface area contributed by atoms with Gasteiger partial charge in [-0.1, -0.05) is 54.6 Å². The SMILES string of the molecule is CC(C)(O)C(C)(C)OBc1c2c(cc3sc4ccccc4c13)-c1cccc3cccc-2c13. The van der Waals surface area contributed by atoms with Crippen molar-refractivity contribution in [3.63, 3.8) is 0 Å². The van der Waals surface area contributed by atoms with E-state index in [1.807, 2.05) is 39.0 Å². The van der Waals surface area contributed by atoms with Crippen LogP contribution < -0.4 is 5.46 Å². The lowest BCUT2D eigenvalue weighted by molar-refractivity contribution is -0.0892. The third-order valence-electron chi connectivity index (χ3n) is 7.29. The molecule has 158 valence electrons. The molecule has 1 heterocycles. The van der Waals surface area contributed by atoms with E-state index in [0.29, 0.717) is 7.48 Å². The van der Waals surface area contributed by atoms with Crippen molar-refractivity contribution >= 4 is 55.2 Å². The second-order valence-corrected chi connectivity index (χ2v) is 10.9. The standard InChI is InChI=1S/C28H25BO2S/c1-27(2,30)28(3,4)31-29-26-24-19-13-8-10-16-9-7-12-17(23(16)19)20(24)15-22-25(26)18-11-5-6-14-21(18)32-22/h5-15,29-30H,1-4H3. The monoisotopic (exact) mass is 436 g/mol. The number of hydrogen-bond donors (Lipinski definition) is 1. The zero-order valence-corrected chi connectivity index (χ0v) is 19.6. The van der Waals surface area contributed by atoms with Crippen LogP contribution in [-0.2, 0) is 4.65 Å². The molecule has 0 aliphatic heterocycles. The van der Waals surface area contributed by atoms with Crippen LogP contribution >= 0.6 is 11.3 Å². The first-order valence-corrected chi connectivity index (χ1v) is 11.9. The van der Waals surface area contributed by atoms with Crippen molar-refractivity contribution in [2.75, 3.05) is 0 Å². The van der Waals surface area contributed by atoms with E-state index < -0.39 is 11.2 Å². The van der Waals surface area contributed by atoms with E-state index in [2.05, 4.69) is 66.7 Å². The van der Waals surface area contributed by atoms with Crippen LogP contribution in [0, 0.1) is 0 Å². The number of hydrogen-bond acceptors (Lipinski definition) is 3. The average molecular weight is 436 g/mol. The lowest BCUT2D eigenvalue weighted by Crippen LogP contribution is -2.49. The van der Waals surface area contributed by atoms with Crippen LogP contribution in [0.4, 0.5) is 0 Å². The minimum absolute atomic E-state index is 0.446. The molecular weight excluding hydrogens is 411 g/mol. The topological polar surface area (TPSA) is 29.5 Å². The highest BCUT2D eigenvalue weighted by Gasteiger charge is 2.37. The summed E-state index contributed by atoms with van der Waals surface area (Å²) in [6, 6.07) is 24.2. The van der Waals surface area contributed by atoms with Crippen molar-refractivity contribution in [1.29, 1.82) is 0 Å². The van der Waals surface area contributed by atoms with Crippen LogP contribution in [0.3, 0.4) is 0 Å². The number of benzene rings is 4. The minimum atomic E-state index is -0.955. The number of fused-ring (bicyclic) bond motifs is 6. The summed E-state index contributed by atoms with van der Waals surface area (Å²) in [5.41, 5.74) is 4.72. The van der Waals surface area contributed by atoms with E-state index in [4.69, 9.17) is 4.65 Å². The Bertz CT molecular complexity index is 1530. The van der Waals surface area contributed by atoms with Gasteiger partial charge < -0.3 is 9.76 Å². The third-order valence-corrected chi connectivity index (χ3v) is 8.40. The number of rotatable bonds is 4. The smallest absolute Gasteiger partial charge is 0.310 e. The number of aliphatic hydroxyl groups is 1. The van der Waals surface area contributed by atoms with Gasteiger partial charge in [-0.05, 0) is 89.1 Å². The Kier molecular flexibility index (Phi) is 4.17. The zero-order valence-electron chi connectivity index (χ0n) is 18.8. The maximum Gasteiger partial charge on any atom is 0.310 e. The Morgan fingerprint density at radius 2 is 1.50 bits per heavy atom. The van der Waals surface area contributed by atoms with Crippen molar-refractivity contribution in [3.05, 3.63) is 66.7 Å². The summed E-state index contributed by atoms with van der Waals surface area (Å²) in [6.07, 6.45) is 0. The molecule has 32 heavy (non-hydrogen) atoms. The predicted molar refractivity (Wildman–Crippen MR) is 140 cm³/mol. The summed E-state index contributed by atoms with van der Waals surface area (Å²) in [7, 11) is 0.446. The van der Waals surface area contributed by atoms with E-state index in [9.17, 15) is 5.11 Å². The fourth-order valence-electron chi connectivity index (χ4n) is 4.84. The summed E-state index contributed by atoms with van der Waals surface area (Å²) in [6.45, 7) is 7.56. The highest BCUT2D eigenvalue weighted by Crippen LogP contribution is 2.49. The fraction of sp³-hybridized carbons (Fsp3) is 0.214. The van der Waals surface area contributed by atoms with Crippen molar-refractivity contribution < 1.29 is 9.76 Å². The molecule has 0 atom stereocenters. The van der Waals surface area contributed by atoms with Crippen molar-refractivity contribution in [1.82, 2.24) is 0 Å². The molecule has 0 saturated carbocycles. The second kappa shape index (κ2) is 6.68. The van der Waals surface area contributed by atoms with E-state index >= 15 is 0 Å². The van der Waals surface area contributed by atoms with Gasteiger partial charge in [-0.15, -0.1) is 11.3 Å². The quantitative estimate of drug-likeness (QED) is 0.324. The second-order valence-electron chi connectivity index (χ2n) is 9.82. The molecule has 0 spiro atoms. The molecular formula is C28H25BO2S. The van der Waals surface area contributed by atoms with E-state index in [1.165, 1.54) is 58.7 Å². The molecule has 0 bridgehead atoms. The summed E-state index contributed by atoms with van der Waals surface area (Å²) >= 11 is 1.84. The molecule has 4 aromatic carbocycles. The van der Waals surface area contributed by atoms with Gasteiger partial charge in [0.15, 0.2) is 0 Å². The molecule has 0 saturated heterocycles. The van der Waals surface area contributed by atoms with Crippen LogP contribution in [0.25, 0.3) is 53.2 Å². The van der Waals surface area contributed by atoms with Crippen LogP contribution in [-0.4, -0.2) is 23.8 Å². The lowest BCUT2D eigenvalue weighted by atomic mass is 9.76. The van der Waals surface area contributed by atoms with Crippen LogP contribution in [0.2, 0.25) is 0 Å². The average Bonchev–Trinajstić information content (AvgIpc) is 3.28. The largest absolute Gasteiger partial charge is 0.427 e. The van der Waals surface area contributed by atoms with E-state index in [0.717, 1.165) is 0 Å². The molecule has 6 rings (SSSR count). The zero-order chi connectivity index (χ0) is 22.3. The van der Waals surface area contributed by atoms with Gasteiger partial charge in [0.05, 0.1) is 11.2 Å². The molecule has 1 N–H and O–H groups in total. The third kappa shape index (κ3) is 2.73. The molecule has 1 aliphatic carbocycles. The molecule has 1 aromatic heterocycles. The fourth-order valence-corrected chi connectivity index (χ4v) is 6.01. The predicted octanol–water partition coefficient (Wildman–Crippen LogP) is 6.40. The van der Waals surface area contributed by atoms with Gasteiger partial charge in [-0.25, -0.2) is 0 Å². The van der Waals surface area contributed by atoms with Gasteiger partial charge in [-0.3, -0.25) is 0 Å². The highest BCUT2D eigenvalue weighted by molar-refractivity contribution is 7.26. The van der Waals surface area contributed by atoms with Crippen molar-refractivity contribution in [2.24, 2.45) is 0 Å². The van der Waals surface area contributed by atoms with Crippen molar-refractivity contribution in [2.45, 2.75) is 38.9 Å². The summed E-state index contributed by atoms with van der Waals surface area (Å²) in [4.78, 5) is 0.